The lowest BCUT2D eigenvalue weighted by Crippen LogP contribution is -2.28. The monoisotopic (exact) mass is 424 g/mol. The molecule has 1 aromatic carbocycles. The van der Waals surface area contributed by atoms with Gasteiger partial charge in [0.05, 0.1) is 0 Å². The van der Waals surface area contributed by atoms with Gasteiger partial charge in [-0.3, -0.25) is 0 Å². The highest BCUT2D eigenvalue weighted by Crippen LogP contribution is 2.24. The third-order valence-electron chi connectivity index (χ3n) is 4.76. The summed E-state index contributed by atoms with van der Waals surface area (Å²) in [5.74, 6) is 0. The van der Waals surface area contributed by atoms with Crippen LogP contribution < -0.4 is 0 Å². The second kappa shape index (κ2) is 15.3. The number of aryl methyl sites for hydroxylation is 2. The van der Waals surface area contributed by atoms with E-state index in [4.69, 9.17) is 17.7 Å². The van der Waals surface area contributed by atoms with Gasteiger partial charge in [0.2, 0.25) is 0 Å². The van der Waals surface area contributed by atoms with E-state index in [2.05, 4.69) is 38.1 Å². The molecule has 160 valence electrons. The van der Waals surface area contributed by atoms with Crippen LogP contribution in [0.3, 0.4) is 0 Å². The second-order valence-electron chi connectivity index (χ2n) is 7.02. The zero-order valence-corrected chi connectivity index (χ0v) is 20.8. The van der Waals surface area contributed by atoms with Crippen LogP contribution in [0.4, 0.5) is 0 Å². The minimum absolute atomic E-state index is 0.475. The molecule has 4 nitrogen and oxygen atoms in total. The highest BCUT2D eigenvalue weighted by molar-refractivity contribution is 6.46. The Hall–Kier alpha value is -0.506. The quantitative estimate of drug-likeness (QED) is 0.330. The Balaban J connectivity index is 2.64. The molecule has 0 spiro atoms. The first-order chi connectivity index (χ1) is 13.6. The van der Waals surface area contributed by atoms with Gasteiger partial charge in [-0.15, -0.1) is 0 Å². The van der Waals surface area contributed by atoms with Gasteiger partial charge < -0.3 is 17.7 Å². The Kier molecular flexibility index (Phi) is 14.0. The third-order valence-corrected chi connectivity index (χ3v) is 9.24. The average molecular weight is 425 g/mol. The number of benzene rings is 1. The van der Waals surface area contributed by atoms with Gasteiger partial charge in [0.25, 0.3) is 0 Å². The number of hydrogen-bond acceptors (Lipinski definition) is 4. The fraction of sp³-hybridized carbons (Fsp3) is 0.727. The van der Waals surface area contributed by atoms with E-state index in [1.165, 1.54) is 11.1 Å². The van der Waals surface area contributed by atoms with E-state index in [0.29, 0.717) is 11.1 Å². The maximum absolute atomic E-state index is 5.87. The van der Waals surface area contributed by atoms with Crippen molar-refractivity contribution in [3.05, 3.63) is 35.4 Å². The topological polar surface area (TPSA) is 36.9 Å². The van der Waals surface area contributed by atoms with Crippen LogP contribution in [0, 0.1) is 0 Å². The van der Waals surface area contributed by atoms with E-state index in [-0.39, 0.29) is 0 Å². The first kappa shape index (κ1) is 25.5. The standard InChI is InChI=1S/C22H40O4Si2/c1-7-23-27(24-8-2)19(5)15-17-21-13-11-12-14-22(21)18-16-20(6)28(25-9-3)26-10-4/h11-14,19-20H,7-10,15-18H2,1-6H3. The van der Waals surface area contributed by atoms with Crippen molar-refractivity contribution in [2.24, 2.45) is 0 Å². The smallest absolute Gasteiger partial charge is 0.387 e. The van der Waals surface area contributed by atoms with Crippen LogP contribution >= 0.6 is 0 Å². The fourth-order valence-corrected chi connectivity index (χ4v) is 6.45. The predicted octanol–water partition coefficient (Wildman–Crippen LogP) is 5.45. The highest BCUT2D eigenvalue weighted by Gasteiger charge is 2.25. The first-order valence-electron chi connectivity index (χ1n) is 10.9. The van der Waals surface area contributed by atoms with Crippen LogP contribution in [-0.4, -0.2) is 45.0 Å². The Morgan fingerprint density at radius 1 is 0.643 bits per heavy atom. The Morgan fingerprint density at radius 2 is 0.964 bits per heavy atom. The van der Waals surface area contributed by atoms with Gasteiger partial charge in [-0.1, -0.05) is 38.1 Å². The lowest BCUT2D eigenvalue weighted by molar-refractivity contribution is 0.203. The van der Waals surface area contributed by atoms with Gasteiger partial charge in [0.1, 0.15) is 0 Å². The average Bonchev–Trinajstić information content (AvgIpc) is 2.70. The SMILES string of the molecule is CCO[Si](OCC)C(C)CCc1ccccc1CCC(C)[Si](OCC)OCC. The molecule has 1 aromatic rings. The molecular formula is C22H40O4Si2. The largest absolute Gasteiger partial charge is 0.393 e. The lowest BCUT2D eigenvalue weighted by Gasteiger charge is -2.21. The fourth-order valence-electron chi connectivity index (χ4n) is 3.25. The maximum atomic E-state index is 5.87. The molecule has 0 aliphatic heterocycles. The molecule has 2 unspecified atom stereocenters. The summed E-state index contributed by atoms with van der Waals surface area (Å²) >= 11 is 0. The van der Waals surface area contributed by atoms with Crippen LogP contribution in [-0.2, 0) is 30.5 Å². The van der Waals surface area contributed by atoms with E-state index < -0.39 is 18.6 Å². The minimum atomic E-state index is -1.18. The molecule has 0 N–H and O–H groups in total. The van der Waals surface area contributed by atoms with Crippen molar-refractivity contribution < 1.29 is 17.7 Å². The van der Waals surface area contributed by atoms with Crippen LogP contribution in [0.25, 0.3) is 0 Å². The molecule has 0 heterocycles. The summed E-state index contributed by atoms with van der Waals surface area (Å²) < 4.78 is 23.5. The zero-order valence-electron chi connectivity index (χ0n) is 18.8. The van der Waals surface area contributed by atoms with Crippen LogP contribution in [0.1, 0.15) is 65.5 Å². The van der Waals surface area contributed by atoms with E-state index in [9.17, 15) is 0 Å². The molecule has 0 saturated heterocycles. The molecule has 0 aliphatic carbocycles. The summed E-state index contributed by atoms with van der Waals surface area (Å²) in [6.45, 7) is 15.7. The van der Waals surface area contributed by atoms with Crippen LogP contribution in [0.15, 0.2) is 24.3 Å². The van der Waals surface area contributed by atoms with Crippen molar-refractivity contribution in [1.82, 2.24) is 0 Å². The summed E-state index contributed by atoms with van der Waals surface area (Å²) in [7, 11) is -2.37. The van der Waals surface area contributed by atoms with Gasteiger partial charge in [0, 0.05) is 37.5 Å². The Labute approximate surface area is 176 Å². The predicted molar refractivity (Wildman–Crippen MR) is 120 cm³/mol. The van der Waals surface area contributed by atoms with E-state index >= 15 is 0 Å². The highest BCUT2D eigenvalue weighted by atomic mass is 28.3. The molecule has 0 amide bonds. The Morgan fingerprint density at radius 3 is 1.25 bits per heavy atom. The van der Waals surface area contributed by atoms with Gasteiger partial charge in [-0.2, -0.15) is 0 Å². The maximum Gasteiger partial charge on any atom is 0.387 e. The molecule has 0 aliphatic rings. The Bertz CT molecular complexity index is 458. The van der Waals surface area contributed by atoms with Crippen molar-refractivity contribution >= 4 is 18.6 Å². The van der Waals surface area contributed by atoms with Crippen molar-refractivity contribution in [2.45, 2.75) is 78.3 Å². The summed E-state index contributed by atoms with van der Waals surface area (Å²) in [5.41, 5.74) is 3.86. The van der Waals surface area contributed by atoms with Gasteiger partial charge in [0.15, 0.2) is 0 Å². The second-order valence-corrected chi connectivity index (χ2v) is 11.4. The summed E-state index contributed by atoms with van der Waals surface area (Å²) in [6, 6.07) is 8.86. The van der Waals surface area contributed by atoms with Gasteiger partial charge in [-0.05, 0) is 64.5 Å². The number of rotatable bonds is 16. The minimum Gasteiger partial charge on any atom is -0.393 e. The van der Waals surface area contributed by atoms with Crippen molar-refractivity contribution in [3.63, 3.8) is 0 Å². The molecule has 1 rings (SSSR count). The van der Waals surface area contributed by atoms with Gasteiger partial charge in [-0.25, -0.2) is 0 Å². The van der Waals surface area contributed by atoms with Crippen molar-refractivity contribution in [3.8, 4) is 0 Å². The molecule has 0 aromatic heterocycles. The summed E-state index contributed by atoms with van der Waals surface area (Å²) in [6.07, 6.45) is 4.37. The van der Waals surface area contributed by atoms with E-state index in [1.54, 1.807) is 0 Å². The number of hydrogen-bond donors (Lipinski definition) is 0. The summed E-state index contributed by atoms with van der Waals surface area (Å²) in [5, 5.41) is 0. The molecule has 28 heavy (non-hydrogen) atoms. The van der Waals surface area contributed by atoms with Gasteiger partial charge >= 0.3 is 18.6 Å². The normalized spacial score (nSPS) is 14.0. The third kappa shape index (κ3) is 9.33. The molecule has 2 radical (unpaired) electrons. The molecule has 6 heteroatoms. The van der Waals surface area contributed by atoms with Crippen molar-refractivity contribution in [1.29, 1.82) is 0 Å². The molecule has 2 atom stereocenters. The van der Waals surface area contributed by atoms with E-state index in [1.807, 2.05) is 27.7 Å². The molecular weight excluding hydrogens is 384 g/mol. The summed E-state index contributed by atoms with van der Waals surface area (Å²) in [4.78, 5) is 0. The van der Waals surface area contributed by atoms with Crippen molar-refractivity contribution in [2.75, 3.05) is 26.4 Å². The molecule has 0 fully saturated rings. The van der Waals surface area contributed by atoms with Crippen LogP contribution in [0.2, 0.25) is 11.1 Å². The molecule has 0 saturated carbocycles. The van der Waals surface area contributed by atoms with E-state index in [0.717, 1.165) is 52.1 Å². The lowest BCUT2D eigenvalue weighted by atomic mass is 9.98. The first-order valence-corrected chi connectivity index (χ1v) is 13.7. The van der Waals surface area contributed by atoms with Crippen LogP contribution in [0.5, 0.6) is 0 Å². The molecule has 0 bridgehead atoms. The zero-order chi connectivity index (χ0) is 20.8.